The molecule has 0 saturated heterocycles. The Morgan fingerprint density at radius 1 is 1.35 bits per heavy atom. The normalized spacial score (nSPS) is 13.1. The number of aromatic amines is 1. The van der Waals surface area contributed by atoms with Gasteiger partial charge in [0.15, 0.2) is 0 Å². The minimum absolute atomic E-state index is 0.357. The van der Waals surface area contributed by atoms with Gasteiger partial charge < -0.3 is 14.5 Å². The van der Waals surface area contributed by atoms with E-state index in [2.05, 4.69) is 4.98 Å². The molecule has 0 aliphatic carbocycles. The third-order valence-electron chi connectivity index (χ3n) is 3.80. The van der Waals surface area contributed by atoms with Crippen molar-refractivity contribution in [3.05, 3.63) is 46.6 Å². The van der Waals surface area contributed by atoms with E-state index in [0.717, 1.165) is 22.0 Å². The molecule has 0 aliphatic heterocycles. The highest BCUT2D eigenvalue weighted by atomic mass is 35.5. The van der Waals surface area contributed by atoms with Crippen LogP contribution in [0, 0.1) is 0 Å². The van der Waals surface area contributed by atoms with Crippen LogP contribution in [0.15, 0.2) is 30.5 Å². The molecule has 1 N–H and O–H groups in total. The molecule has 0 radical (unpaired) electrons. The standard InChI is InChI=1S/C20H24ClNO4/c1-13(25-12-23)16-11-22-17-10-15(21)9-14(19(16)17)7-5-6-8-18(24)26-20(2,3)4/h6,8-13,22H,5,7H2,1-4H3. The van der Waals surface area contributed by atoms with Crippen LogP contribution in [0.4, 0.5) is 0 Å². The van der Waals surface area contributed by atoms with Gasteiger partial charge in [0.05, 0.1) is 0 Å². The lowest BCUT2D eigenvalue weighted by Crippen LogP contribution is -2.22. The lowest BCUT2D eigenvalue weighted by atomic mass is 10.00. The van der Waals surface area contributed by atoms with Gasteiger partial charge in [-0.05, 0) is 58.2 Å². The average molecular weight is 378 g/mol. The fraction of sp³-hybridized carbons (Fsp3) is 0.400. The second-order valence-electron chi connectivity index (χ2n) is 7.08. The highest BCUT2D eigenvalue weighted by Crippen LogP contribution is 2.32. The molecule has 140 valence electrons. The van der Waals surface area contributed by atoms with Crippen molar-refractivity contribution in [3.63, 3.8) is 0 Å². The number of aromatic nitrogens is 1. The number of fused-ring (bicyclic) bond motifs is 1. The van der Waals surface area contributed by atoms with E-state index < -0.39 is 5.60 Å². The summed E-state index contributed by atoms with van der Waals surface area (Å²) in [6.07, 6.45) is 6.05. The van der Waals surface area contributed by atoms with E-state index in [0.29, 0.717) is 24.3 Å². The van der Waals surface area contributed by atoms with Gasteiger partial charge in [0.25, 0.3) is 6.47 Å². The molecule has 0 fully saturated rings. The van der Waals surface area contributed by atoms with Crippen molar-refractivity contribution in [2.75, 3.05) is 0 Å². The van der Waals surface area contributed by atoms with Crippen LogP contribution in [0.1, 0.15) is 51.3 Å². The van der Waals surface area contributed by atoms with E-state index in [1.54, 1.807) is 6.08 Å². The van der Waals surface area contributed by atoms with Crippen LogP contribution in [0.25, 0.3) is 10.9 Å². The third-order valence-corrected chi connectivity index (χ3v) is 4.01. The molecule has 1 heterocycles. The van der Waals surface area contributed by atoms with Crippen molar-refractivity contribution in [1.29, 1.82) is 0 Å². The summed E-state index contributed by atoms with van der Waals surface area (Å²) in [6.45, 7) is 7.76. The number of rotatable bonds is 7. The number of benzene rings is 1. The number of nitrogens with one attached hydrogen (secondary N) is 1. The number of esters is 1. The Morgan fingerprint density at radius 3 is 2.73 bits per heavy atom. The van der Waals surface area contributed by atoms with E-state index in [1.807, 2.05) is 46.0 Å². The molecule has 0 bridgehead atoms. The zero-order valence-electron chi connectivity index (χ0n) is 15.5. The molecular formula is C20H24ClNO4. The van der Waals surface area contributed by atoms with Crippen LogP contribution >= 0.6 is 11.6 Å². The quantitative estimate of drug-likeness (QED) is 0.424. The van der Waals surface area contributed by atoms with Crippen molar-refractivity contribution in [2.24, 2.45) is 0 Å². The van der Waals surface area contributed by atoms with Gasteiger partial charge in [-0.3, -0.25) is 4.79 Å². The van der Waals surface area contributed by atoms with Crippen molar-refractivity contribution in [1.82, 2.24) is 4.98 Å². The van der Waals surface area contributed by atoms with Crippen molar-refractivity contribution < 1.29 is 19.1 Å². The second-order valence-corrected chi connectivity index (χ2v) is 7.52. The molecule has 1 atom stereocenters. The molecule has 0 amide bonds. The maximum atomic E-state index is 11.7. The summed E-state index contributed by atoms with van der Waals surface area (Å²) in [4.78, 5) is 25.5. The van der Waals surface area contributed by atoms with E-state index >= 15 is 0 Å². The number of aryl methyl sites for hydroxylation is 1. The first-order valence-electron chi connectivity index (χ1n) is 8.49. The van der Waals surface area contributed by atoms with E-state index in [4.69, 9.17) is 21.1 Å². The zero-order valence-corrected chi connectivity index (χ0v) is 16.2. The van der Waals surface area contributed by atoms with Gasteiger partial charge in [-0.25, -0.2) is 4.79 Å². The van der Waals surface area contributed by atoms with Crippen molar-refractivity contribution >= 4 is 34.9 Å². The predicted octanol–water partition coefficient (Wildman–Crippen LogP) is 4.89. The number of hydrogen-bond donors (Lipinski definition) is 1. The Morgan fingerprint density at radius 2 is 2.08 bits per heavy atom. The van der Waals surface area contributed by atoms with Gasteiger partial charge in [0, 0.05) is 33.8 Å². The van der Waals surface area contributed by atoms with Crippen LogP contribution in [0.2, 0.25) is 5.02 Å². The van der Waals surface area contributed by atoms with Gasteiger partial charge in [-0.1, -0.05) is 17.7 Å². The summed E-state index contributed by atoms with van der Waals surface area (Å²) >= 11 is 6.21. The van der Waals surface area contributed by atoms with E-state index in [1.165, 1.54) is 6.08 Å². The third kappa shape index (κ3) is 5.36. The minimum atomic E-state index is -0.505. The van der Waals surface area contributed by atoms with Crippen molar-refractivity contribution in [3.8, 4) is 0 Å². The first-order valence-corrected chi connectivity index (χ1v) is 8.87. The topological polar surface area (TPSA) is 68.4 Å². The molecule has 0 spiro atoms. The molecule has 26 heavy (non-hydrogen) atoms. The van der Waals surface area contributed by atoms with Crippen molar-refractivity contribution in [2.45, 2.75) is 52.2 Å². The molecule has 1 aromatic heterocycles. The maximum Gasteiger partial charge on any atom is 0.330 e. The first-order chi connectivity index (χ1) is 12.2. The summed E-state index contributed by atoms with van der Waals surface area (Å²) in [7, 11) is 0. The number of halogens is 1. The molecule has 2 aromatic rings. The minimum Gasteiger partial charge on any atom is -0.460 e. The fourth-order valence-corrected chi connectivity index (χ4v) is 3.02. The van der Waals surface area contributed by atoms with Gasteiger partial charge in [0.2, 0.25) is 0 Å². The van der Waals surface area contributed by atoms with Gasteiger partial charge in [-0.2, -0.15) is 0 Å². The van der Waals surface area contributed by atoms with E-state index in [9.17, 15) is 9.59 Å². The predicted molar refractivity (Wildman–Crippen MR) is 102 cm³/mol. The number of allylic oxidation sites excluding steroid dienone is 1. The zero-order chi connectivity index (χ0) is 19.3. The van der Waals surface area contributed by atoms with Gasteiger partial charge >= 0.3 is 5.97 Å². The summed E-state index contributed by atoms with van der Waals surface area (Å²) in [5.74, 6) is -0.357. The van der Waals surface area contributed by atoms with Crippen LogP contribution in [0.5, 0.6) is 0 Å². The largest absolute Gasteiger partial charge is 0.460 e. The average Bonchev–Trinajstić information content (AvgIpc) is 2.93. The lowest BCUT2D eigenvalue weighted by molar-refractivity contribution is -0.148. The van der Waals surface area contributed by atoms with Crippen LogP contribution in [0.3, 0.4) is 0 Å². The molecule has 0 saturated carbocycles. The smallest absolute Gasteiger partial charge is 0.330 e. The molecule has 1 aromatic carbocycles. The number of hydrogen-bond acceptors (Lipinski definition) is 4. The van der Waals surface area contributed by atoms with E-state index in [-0.39, 0.29) is 12.1 Å². The first kappa shape index (κ1) is 20.0. The summed E-state index contributed by atoms with van der Waals surface area (Å²) in [5, 5.41) is 1.62. The number of ether oxygens (including phenoxy) is 2. The van der Waals surface area contributed by atoms with Crippen LogP contribution in [-0.4, -0.2) is 23.0 Å². The second kappa shape index (κ2) is 8.41. The Kier molecular flexibility index (Phi) is 6.48. The fourth-order valence-electron chi connectivity index (χ4n) is 2.77. The molecule has 2 rings (SSSR count). The Balaban J connectivity index is 2.17. The molecular weight excluding hydrogens is 354 g/mol. The SMILES string of the molecule is CC(OC=O)c1c[nH]c2cc(Cl)cc(CCC=CC(=O)OC(C)(C)C)c12. The van der Waals surface area contributed by atoms with Crippen LogP contribution < -0.4 is 0 Å². The monoisotopic (exact) mass is 377 g/mol. The van der Waals surface area contributed by atoms with Gasteiger partial charge in [-0.15, -0.1) is 0 Å². The van der Waals surface area contributed by atoms with Crippen LogP contribution in [-0.2, 0) is 25.5 Å². The summed E-state index contributed by atoms with van der Waals surface area (Å²) in [6, 6.07) is 3.74. The van der Waals surface area contributed by atoms with Gasteiger partial charge in [0.1, 0.15) is 11.7 Å². The number of H-pyrrole nitrogens is 1. The Labute approximate surface area is 158 Å². The molecule has 0 aliphatic rings. The number of carbonyl (C=O) groups excluding carboxylic acids is 2. The summed E-state index contributed by atoms with van der Waals surface area (Å²) < 4.78 is 10.3. The Bertz CT molecular complexity index is 817. The number of carbonyl (C=O) groups is 2. The summed E-state index contributed by atoms with van der Waals surface area (Å²) in [5.41, 5.74) is 2.31. The lowest BCUT2D eigenvalue weighted by Gasteiger charge is -2.17. The molecule has 1 unspecified atom stereocenters. The highest BCUT2D eigenvalue weighted by molar-refractivity contribution is 6.31. The maximum absolute atomic E-state index is 11.7. The molecule has 5 nitrogen and oxygen atoms in total. The Hall–Kier alpha value is -2.27. The highest BCUT2D eigenvalue weighted by Gasteiger charge is 2.16. The molecule has 6 heteroatoms.